The molecule has 0 radical (unpaired) electrons. The number of pyridine rings is 1. The minimum absolute atomic E-state index is 0.447. The van der Waals surface area contributed by atoms with E-state index in [0.717, 1.165) is 21.8 Å². The number of nitrogens with two attached hydrogens (primary N) is 1. The molecule has 1 aliphatic rings. The van der Waals surface area contributed by atoms with Crippen molar-refractivity contribution < 1.29 is 0 Å². The van der Waals surface area contributed by atoms with E-state index >= 15 is 0 Å². The first-order valence-corrected chi connectivity index (χ1v) is 6.92. The lowest BCUT2D eigenvalue weighted by Gasteiger charge is -2.34. The second kappa shape index (κ2) is 4.87. The molecule has 1 unspecified atom stereocenters. The zero-order valence-electron chi connectivity index (χ0n) is 10.3. The summed E-state index contributed by atoms with van der Waals surface area (Å²) in [7, 11) is 0. The summed E-state index contributed by atoms with van der Waals surface area (Å²) in [5.41, 5.74) is 8.20. The van der Waals surface area contributed by atoms with Gasteiger partial charge < -0.3 is 5.73 Å². The van der Waals surface area contributed by atoms with Gasteiger partial charge in [0, 0.05) is 11.6 Å². The summed E-state index contributed by atoms with van der Waals surface area (Å²) in [6.07, 6.45) is 5.79. The van der Waals surface area contributed by atoms with Crippen LogP contribution < -0.4 is 5.73 Å². The molecular formula is C15H17ClN2. The molecule has 0 amide bonds. The average molecular weight is 261 g/mol. The maximum atomic E-state index is 6.21. The van der Waals surface area contributed by atoms with E-state index in [4.69, 9.17) is 17.3 Å². The molecule has 3 heteroatoms. The Morgan fingerprint density at radius 2 is 2.17 bits per heavy atom. The number of fused-ring (bicyclic) bond motifs is 1. The summed E-state index contributed by atoms with van der Waals surface area (Å²) in [6.45, 7) is 0.705. The highest BCUT2D eigenvalue weighted by Crippen LogP contribution is 2.41. The lowest BCUT2D eigenvalue weighted by atomic mass is 9.72. The molecule has 1 aliphatic carbocycles. The molecule has 2 aromatic rings. The van der Waals surface area contributed by atoms with Crippen molar-refractivity contribution in [3.8, 4) is 0 Å². The van der Waals surface area contributed by atoms with Gasteiger partial charge in [0.1, 0.15) is 0 Å². The number of nitrogens with zero attached hydrogens (tertiary/aromatic N) is 1. The minimum Gasteiger partial charge on any atom is -0.330 e. The third-order valence-corrected chi connectivity index (χ3v) is 4.43. The van der Waals surface area contributed by atoms with Crippen LogP contribution in [0.4, 0.5) is 0 Å². The molecule has 2 nitrogen and oxygen atoms in total. The predicted molar refractivity (Wildman–Crippen MR) is 75.9 cm³/mol. The molecule has 2 N–H and O–H groups in total. The van der Waals surface area contributed by atoms with Gasteiger partial charge >= 0.3 is 0 Å². The number of para-hydroxylation sites is 1. The zero-order chi connectivity index (χ0) is 12.5. The normalized spacial score (nSPS) is 17.7. The molecule has 18 heavy (non-hydrogen) atoms. The van der Waals surface area contributed by atoms with E-state index < -0.39 is 0 Å². The fraction of sp³-hybridized carbons (Fsp3) is 0.400. The first kappa shape index (κ1) is 11.9. The molecule has 1 heterocycles. The average Bonchev–Trinajstić information content (AvgIpc) is 2.34. The smallest absolute Gasteiger partial charge is 0.0890 e. The highest BCUT2D eigenvalue weighted by atomic mass is 35.5. The van der Waals surface area contributed by atoms with Crippen molar-refractivity contribution in [1.29, 1.82) is 0 Å². The largest absolute Gasteiger partial charge is 0.330 e. The summed E-state index contributed by atoms with van der Waals surface area (Å²) in [4.78, 5) is 4.39. The Morgan fingerprint density at radius 3 is 2.83 bits per heavy atom. The van der Waals surface area contributed by atoms with E-state index in [9.17, 15) is 0 Å². The third-order valence-electron chi connectivity index (χ3n) is 4.13. The summed E-state index contributed by atoms with van der Waals surface area (Å²) < 4.78 is 0. The van der Waals surface area contributed by atoms with Crippen molar-refractivity contribution in [2.75, 3.05) is 6.54 Å². The Balaban J connectivity index is 2.12. The molecule has 1 aromatic heterocycles. The zero-order valence-corrected chi connectivity index (χ0v) is 11.0. The van der Waals surface area contributed by atoms with Crippen molar-refractivity contribution in [2.45, 2.75) is 25.2 Å². The molecule has 0 bridgehead atoms. The maximum absolute atomic E-state index is 6.21. The van der Waals surface area contributed by atoms with Crippen LogP contribution >= 0.6 is 11.6 Å². The van der Waals surface area contributed by atoms with Crippen LogP contribution in [0, 0.1) is 5.92 Å². The molecule has 94 valence electrons. The standard InChI is InChI=1S/C15H17ClN2/c16-14-6-2-5-12-11(7-8-18-15(12)14)13(9-17)10-3-1-4-10/h2,5-8,10,13H,1,3-4,9,17H2. The quantitative estimate of drug-likeness (QED) is 0.913. The molecule has 0 aliphatic heterocycles. The minimum atomic E-state index is 0.447. The highest BCUT2D eigenvalue weighted by molar-refractivity contribution is 6.35. The van der Waals surface area contributed by atoms with Crippen LogP contribution in [0.1, 0.15) is 30.7 Å². The monoisotopic (exact) mass is 260 g/mol. The van der Waals surface area contributed by atoms with Crippen LogP contribution in [0.2, 0.25) is 5.02 Å². The van der Waals surface area contributed by atoms with Gasteiger partial charge in [0.25, 0.3) is 0 Å². The van der Waals surface area contributed by atoms with Crippen LogP contribution in [-0.2, 0) is 0 Å². The molecule has 1 aromatic carbocycles. The topological polar surface area (TPSA) is 38.9 Å². The lowest BCUT2D eigenvalue weighted by molar-refractivity contribution is 0.265. The van der Waals surface area contributed by atoms with Gasteiger partial charge in [-0.3, -0.25) is 4.98 Å². The molecule has 0 saturated heterocycles. The second-order valence-electron chi connectivity index (χ2n) is 5.07. The van der Waals surface area contributed by atoms with E-state index in [1.807, 2.05) is 18.3 Å². The number of hydrogen-bond acceptors (Lipinski definition) is 2. The van der Waals surface area contributed by atoms with E-state index in [2.05, 4.69) is 17.1 Å². The van der Waals surface area contributed by atoms with Crippen molar-refractivity contribution in [3.63, 3.8) is 0 Å². The van der Waals surface area contributed by atoms with E-state index in [1.54, 1.807) is 0 Å². The van der Waals surface area contributed by atoms with Gasteiger partial charge in [-0.05, 0) is 48.9 Å². The van der Waals surface area contributed by atoms with Crippen molar-refractivity contribution in [1.82, 2.24) is 4.98 Å². The number of halogens is 1. The maximum Gasteiger partial charge on any atom is 0.0890 e. The van der Waals surface area contributed by atoms with E-state index in [1.165, 1.54) is 24.8 Å². The number of benzene rings is 1. The van der Waals surface area contributed by atoms with Gasteiger partial charge in [-0.2, -0.15) is 0 Å². The fourth-order valence-corrected chi connectivity index (χ4v) is 3.12. The Kier molecular flexibility index (Phi) is 3.23. The van der Waals surface area contributed by atoms with Crippen molar-refractivity contribution >= 4 is 22.5 Å². The van der Waals surface area contributed by atoms with Gasteiger partial charge in [-0.25, -0.2) is 0 Å². The van der Waals surface area contributed by atoms with Crippen LogP contribution in [0.5, 0.6) is 0 Å². The SMILES string of the molecule is NCC(c1ccnc2c(Cl)cccc12)C1CCC1. The van der Waals surface area contributed by atoms with Gasteiger partial charge in [-0.15, -0.1) is 0 Å². The first-order valence-electron chi connectivity index (χ1n) is 6.54. The molecule has 3 rings (SSSR count). The van der Waals surface area contributed by atoms with E-state index in [0.29, 0.717) is 12.5 Å². The molecule has 0 spiro atoms. The fourth-order valence-electron chi connectivity index (χ4n) is 2.90. The number of rotatable bonds is 3. The first-order chi connectivity index (χ1) is 8.81. The van der Waals surface area contributed by atoms with Gasteiger partial charge in [-0.1, -0.05) is 30.2 Å². The van der Waals surface area contributed by atoms with Crippen molar-refractivity contribution in [3.05, 3.63) is 41.0 Å². The summed E-state index contributed by atoms with van der Waals surface area (Å²) >= 11 is 6.21. The van der Waals surface area contributed by atoms with Gasteiger partial charge in [0.05, 0.1) is 10.5 Å². The second-order valence-corrected chi connectivity index (χ2v) is 5.48. The highest BCUT2D eigenvalue weighted by Gasteiger charge is 2.28. The Morgan fingerprint density at radius 1 is 1.33 bits per heavy atom. The van der Waals surface area contributed by atoms with Crippen LogP contribution in [-0.4, -0.2) is 11.5 Å². The van der Waals surface area contributed by atoms with Crippen molar-refractivity contribution in [2.24, 2.45) is 11.7 Å². The summed E-state index contributed by atoms with van der Waals surface area (Å²) in [5.74, 6) is 1.18. The van der Waals surface area contributed by atoms with Crippen LogP contribution in [0.3, 0.4) is 0 Å². The Labute approximate surface area is 112 Å². The van der Waals surface area contributed by atoms with E-state index in [-0.39, 0.29) is 0 Å². The number of aromatic nitrogens is 1. The molecule has 1 fully saturated rings. The van der Waals surface area contributed by atoms with Crippen LogP contribution in [0.25, 0.3) is 10.9 Å². The third kappa shape index (κ3) is 1.90. The Hall–Kier alpha value is -1.12. The molecule has 1 saturated carbocycles. The molecule has 1 atom stereocenters. The summed E-state index contributed by atoms with van der Waals surface area (Å²) in [6, 6.07) is 8.09. The predicted octanol–water partition coefficient (Wildman–Crippen LogP) is 3.73. The number of hydrogen-bond donors (Lipinski definition) is 1. The van der Waals surface area contributed by atoms with Crippen LogP contribution in [0.15, 0.2) is 30.5 Å². The Bertz CT molecular complexity index is 563. The lowest BCUT2D eigenvalue weighted by Crippen LogP contribution is -2.26. The van der Waals surface area contributed by atoms with Gasteiger partial charge in [0.15, 0.2) is 0 Å². The summed E-state index contributed by atoms with van der Waals surface area (Å²) in [5, 5.41) is 1.88. The molecular weight excluding hydrogens is 244 g/mol. The van der Waals surface area contributed by atoms with Gasteiger partial charge in [0.2, 0.25) is 0 Å².